The number of hydrogen-bond donors (Lipinski definition) is 0. The molecule has 4 fully saturated rings. The molecule has 3 saturated heterocycles. The van der Waals surface area contributed by atoms with E-state index in [2.05, 4.69) is 4.98 Å². The van der Waals surface area contributed by atoms with Crippen LogP contribution in [-0.2, 0) is 26.6 Å². The summed E-state index contributed by atoms with van der Waals surface area (Å²) >= 11 is 0. The molecule has 11 heteroatoms. The topological polar surface area (TPSA) is 105 Å². The summed E-state index contributed by atoms with van der Waals surface area (Å²) < 4.78 is 34.8. The van der Waals surface area contributed by atoms with Crippen molar-refractivity contribution in [1.82, 2.24) is 23.7 Å². The molecule has 1 aromatic heterocycles. The van der Waals surface area contributed by atoms with Crippen LogP contribution in [0.4, 0.5) is 4.79 Å². The van der Waals surface area contributed by atoms with Crippen LogP contribution in [0.2, 0.25) is 0 Å². The first kappa shape index (κ1) is 17.9. The molecular formula is C17H23N5O5S. The molecule has 28 heavy (non-hydrogen) atoms. The normalized spacial score (nSPS) is 26.9. The Bertz CT molecular complexity index is 943. The number of nitrogens with zero attached hydrogens (tertiary/aromatic N) is 5. The van der Waals surface area contributed by atoms with Crippen LogP contribution in [0, 0.1) is 12.8 Å². The highest BCUT2D eigenvalue weighted by Crippen LogP contribution is 2.42. The van der Waals surface area contributed by atoms with E-state index in [1.54, 1.807) is 28.3 Å². The van der Waals surface area contributed by atoms with E-state index in [4.69, 9.17) is 4.74 Å². The first-order valence-electron chi connectivity index (χ1n) is 9.50. The Hall–Kier alpha value is -2.14. The molecule has 3 aliphatic heterocycles. The molecule has 0 radical (unpaired) electrons. The number of carbonyl (C=O) groups is 2. The monoisotopic (exact) mass is 409 g/mol. The van der Waals surface area contributed by atoms with E-state index in [0.717, 1.165) is 12.8 Å². The number of piperazine rings is 1. The highest BCUT2D eigenvalue weighted by atomic mass is 32.2. The van der Waals surface area contributed by atoms with E-state index >= 15 is 0 Å². The van der Waals surface area contributed by atoms with Crippen LogP contribution in [0.5, 0.6) is 0 Å². The fraction of sp³-hybridized carbons (Fsp3) is 0.706. The Labute approximate surface area is 163 Å². The van der Waals surface area contributed by atoms with E-state index in [1.807, 2.05) is 0 Å². The van der Waals surface area contributed by atoms with Gasteiger partial charge in [-0.3, -0.25) is 9.69 Å². The molecule has 5 rings (SSSR count). The molecule has 0 aromatic carbocycles. The largest absolute Gasteiger partial charge is 0.437 e. The molecule has 1 spiro atoms. The SMILES string of the molecule is Cc1nc(S(=O)(=O)N2CCN3C(=O)OC4(CN(C(=O)C5CC5)C4)C3C2)cn1C. The lowest BCUT2D eigenvalue weighted by Gasteiger charge is -2.50. The van der Waals surface area contributed by atoms with Crippen LogP contribution in [0.1, 0.15) is 18.7 Å². The van der Waals surface area contributed by atoms with Gasteiger partial charge >= 0.3 is 6.09 Å². The highest BCUT2D eigenvalue weighted by Gasteiger charge is 2.64. The van der Waals surface area contributed by atoms with Crippen LogP contribution >= 0.6 is 0 Å². The van der Waals surface area contributed by atoms with Crippen molar-refractivity contribution in [3.8, 4) is 0 Å². The second kappa shape index (κ2) is 5.69. The molecule has 0 N–H and O–H groups in total. The summed E-state index contributed by atoms with van der Waals surface area (Å²) in [6, 6.07) is -0.392. The van der Waals surface area contributed by atoms with E-state index in [0.29, 0.717) is 18.9 Å². The number of fused-ring (bicyclic) bond motifs is 2. The number of amides is 2. The molecular weight excluding hydrogens is 386 g/mol. The van der Waals surface area contributed by atoms with Crippen molar-refractivity contribution in [2.45, 2.75) is 36.4 Å². The van der Waals surface area contributed by atoms with Gasteiger partial charge in [-0.1, -0.05) is 0 Å². The minimum absolute atomic E-state index is 0.0133. The van der Waals surface area contributed by atoms with Gasteiger partial charge in [0.2, 0.25) is 5.91 Å². The zero-order valence-corrected chi connectivity index (χ0v) is 16.7. The van der Waals surface area contributed by atoms with Gasteiger partial charge < -0.3 is 14.2 Å². The fourth-order valence-electron chi connectivity index (χ4n) is 4.35. The molecule has 2 amide bonds. The van der Waals surface area contributed by atoms with Crippen molar-refractivity contribution in [2.24, 2.45) is 13.0 Å². The van der Waals surface area contributed by atoms with Gasteiger partial charge in [-0.15, -0.1) is 0 Å². The molecule has 0 bridgehead atoms. The molecule has 10 nitrogen and oxygen atoms in total. The van der Waals surface area contributed by atoms with Gasteiger partial charge in [-0.25, -0.2) is 18.2 Å². The number of imidazole rings is 1. The summed E-state index contributed by atoms with van der Waals surface area (Å²) in [5.74, 6) is 0.840. The number of likely N-dealkylation sites (tertiary alicyclic amines) is 1. The fourth-order valence-corrected chi connectivity index (χ4v) is 5.81. The molecule has 1 unspecified atom stereocenters. The van der Waals surface area contributed by atoms with Gasteiger partial charge in [-0.2, -0.15) is 4.31 Å². The van der Waals surface area contributed by atoms with Gasteiger partial charge in [0.15, 0.2) is 10.6 Å². The zero-order chi connectivity index (χ0) is 19.8. The minimum atomic E-state index is -3.76. The molecule has 1 saturated carbocycles. The van der Waals surface area contributed by atoms with Gasteiger partial charge in [-0.05, 0) is 19.8 Å². The van der Waals surface area contributed by atoms with E-state index in [1.165, 1.54) is 10.5 Å². The van der Waals surface area contributed by atoms with Crippen molar-refractivity contribution >= 4 is 22.0 Å². The first-order valence-corrected chi connectivity index (χ1v) is 10.9. The standard InChI is InChI=1S/C17H23N5O5S/c1-11-18-14(8-19(11)2)28(25,26)21-5-6-22-13(7-21)17(27-16(22)24)9-20(10-17)15(23)12-3-4-12/h8,12-13H,3-7,9-10H2,1-2H3. The van der Waals surface area contributed by atoms with Gasteiger partial charge in [0.25, 0.3) is 10.0 Å². The summed E-state index contributed by atoms with van der Waals surface area (Å²) in [6.45, 7) is 3.04. The second-order valence-electron chi connectivity index (χ2n) is 8.21. The van der Waals surface area contributed by atoms with Crippen LogP contribution in [-0.4, -0.2) is 88.4 Å². The van der Waals surface area contributed by atoms with Crippen molar-refractivity contribution < 1.29 is 22.7 Å². The minimum Gasteiger partial charge on any atom is -0.437 e. The number of carbonyl (C=O) groups excluding carboxylic acids is 2. The summed E-state index contributed by atoms with van der Waals surface area (Å²) in [5, 5.41) is 0.0133. The third kappa shape index (κ3) is 2.48. The average molecular weight is 409 g/mol. The van der Waals surface area contributed by atoms with Crippen LogP contribution < -0.4 is 0 Å². The Morgan fingerprint density at radius 2 is 2.00 bits per heavy atom. The van der Waals surface area contributed by atoms with Crippen LogP contribution in [0.15, 0.2) is 11.2 Å². The second-order valence-corrected chi connectivity index (χ2v) is 10.1. The van der Waals surface area contributed by atoms with Crippen LogP contribution in [0.25, 0.3) is 0 Å². The van der Waals surface area contributed by atoms with Crippen molar-refractivity contribution in [3.05, 3.63) is 12.0 Å². The zero-order valence-electron chi connectivity index (χ0n) is 15.9. The summed E-state index contributed by atoms with van der Waals surface area (Å²) in [4.78, 5) is 32.1. The van der Waals surface area contributed by atoms with Crippen molar-refractivity contribution in [1.29, 1.82) is 0 Å². The number of aryl methyl sites for hydroxylation is 2. The Morgan fingerprint density at radius 3 is 2.61 bits per heavy atom. The lowest BCUT2D eigenvalue weighted by Crippen LogP contribution is -2.72. The number of aromatic nitrogens is 2. The molecule has 1 aliphatic carbocycles. The third-order valence-electron chi connectivity index (χ3n) is 6.32. The predicted octanol–water partition coefficient (Wildman–Crippen LogP) is -0.455. The van der Waals surface area contributed by atoms with Gasteiger partial charge in [0.1, 0.15) is 5.82 Å². The van der Waals surface area contributed by atoms with E-state index in [-0.39, 0.29) is 36.5 Å². The van der Waals surface area contributed by atoms with Crippen molar-refractivity contribution in [3.63, 3.8) is 0 Å². The van der Waals surface area contributed by atoms with Crippen molar-refractivity contribution in [2.75, 3.05) is 32.7 Å². The van der Waals surface area contributed by atoms with Gasteiger partial charge in [0, 0.05) is 38.8 Å². The Balaban J connectivity index is 1.37. The maximum absolute atomic E-state index is 13.1. The lowest BCUT2D eigenvalue weighted by atomic mass is 9.84. The summed E-state index contributed by atoms with van der Waals surface area (Å²) in [6.07, 6.45) is 2.93. The number of ether oxygens (including phenoxy) is 1. The molecule has 4 aliphatic rings. The summed E-state index contributed by atoms with van der Waals surface area (Å²) in [7, 11) is -2.01. The molecule has 152 valence electrons. The molecule has 1 atom stereocenters. The number of rotatable bonds is 3. The maximum Gasteiger partial charge on any atom is 0.411 e. The van der Waals surface area contributed by atoms with Crippen LogP contribution in [0.3, 0.4) is 0 Å². The Kier molecular flexibility index (Phi) is 3.64. The van der Waals surface area contributed by atoms with E-state index in [9.17, 15) is 18.0 Å². The number of sulfonamides is 1. The smallest absolute Gasteiger partial charge is 0.411 e. The first-order chi connectivity index (χ1) is 13.2. The highest BCUT2D eigenvalue weighted by molar-refractivity contribution is 7.89. The average Bonchev–Trinajstić information content (AvgIpc) is 3.36. The molecule has 4 heterocycles. The predicted molar refractivity (Wildman–Crippen MR) is 95.7 cm³/mol. The van der Waals surface area contributed by atoms with Gasteiger partial charge in [0.05, 0.1) is 19.1 Å². The maximum atomic E-state index is 13.1. The third-order valence-corrected chi connectivity index (χ3v) is 8.06. The van der Waals surface area contributed by atoms with E-state index < -0.39 is 27.8 Å². The quantitative estimate of drug-likeness (QED) is 0.669. The lowest BCUT2D eigenvalue weighted by molar-refractivity contribution is -0.156. The number of hydrogen-bond acceptors (Lipinski definition) is 6. The Morgan fingerprint density at radius 1 is 1.29 bits per heavy atom. The summed E-state index contributed by atoms with van der Waals surface area (Å²) in [5.41, 5.74) is -0.810. The molecule has 1 aromatic rings.